The van der Waals surface area contributed by atoms with Crippen LogP contribution in [0.25, 0.3) is 0 Å². The van der Waals surface area contributed by atoms with Gasteiger partial charge in [0.2, 0.25) is 0 Å². The van der Waals surface area contributed by atoms with Crippen LogP contribution < -0.4 is 10.1 Å². The van der Waals surface area contributed by atoms with Gasteiger partial charge in [-0.2, -0.15) is 0 Å². The van der Waals surface area contributed by atoms with Crippen molar-refractivity contribution in [2.24, 2.45) is 0 Å². The normalized spacial score (nSPS) is 25.4. The third-order valence-electron chi connectivity index (χ3n) is 2.71. The SMILES string of the molecule is COc1ccc(C2CNCC(C)O2)c(Cl)c1. The maximum Gasteiger partial charge on any atom is 0.120 e. The number of halogens is 1. The second kappa shape index (κ2) is 5.04. The van der Waals surface area contributed by atoms with Gasteiger partial charge in [-0.25, -0.2) is 0 Å². The van der Waals surface area contributed by atoms with E-state index in [-0.39, 0.29) is 12.2 Å². The van der Waals surface area contributed by atoms with Gasteiger partial charge >= 0.3 is 0 Å². The van der Waals surface area contributed by atoms with E-state index in [4.69, 9.17) is 21.1 Å². The summed E-state index contributed by atoms with van der Waals surface area (Å²) in [6, 6.07) is 5.69. The quantitative estimate of drug-likeness (QED) is 0.863. The van der Waals surface area contributed by atoms with Crippen molar-refractivity contribution in [3.63, 3.8) is 0 Å². The van der Waals surface area contributed by atoms with Crippen LogP contribution in [-0.4, -0.2) is 26.3 Å². The van der Waals surface area contributed by atoms with E-state index < -0.39 is 0 Å². The number of benzene rings is 1. The summed E-state index contributed by atoms with van der Waals surface area (Å²) < 4.78 is 11.0. The lowest BCUT2D eigenvalue weighted by atomic mass is 10.1. The summed E-state index contributed by atoms with van der Waals surface area (Å²) in [6.45, 7) is 3.75. The molecule has 1 aliphatic rings. The van der Waals surface area contributed by atoms with E-state index in [0.29, 0.717) is 5.02 Å². The van der Waals surface area contributed by atoms with Gasteiger partial charge in [-0.3, -0.25) is 0 Å². The minimum absolute atomic E-state index is 0.0298. The molecule has 0 aromatic heterocycles. The van der Waals surface area contributed by atoms with Crippen molar-refractivity contribution in [1.29, 1.82) is 0 Å². The molecule has 0 radical (unpaired) electrons. The Labute approximate surface area is 101 Å². The molecule has 2 rings (SSSR count). The Morgan fingerprint density at radius 1 is 1.44 bits per heavy atom. The second-order valence-electron chi connectivity index (χ2n) is 3.98. The summed E-state index contributed by atoms with van der Waals surface area (Å²) >= 11 is 6.20. The third kappa shape index (κ3) is 2.48. The van der Waals surface area contributed by atoms with E-state index in [1.54, 1.807) is 7.11 Å². The molecule has 1 aromatic rings. The predicted octanol–water partition coefficient (Wildman–Crippen LogP) is 2.40. The number of morpholine rings is 1. The molecule has 0 bridgehead atoms. The number of rotatable bonds is 2. The van der Waals surface area contributed by atoms with Gasteiger partial charge in [-0.1, -0.05) is 17.7 Å². The molecular formula is C12H16ClNO2. The zero-order valence-electron chi connectivity index (χ0n) is 9.50. The second-order valence-corrected chi connectivity index (χ2v) is 4.39. The summed E-state index contributed by atoms with van der Waals surface area (Å²) in [4.78, 5) is 0. The lowest BCUT2D eigenvalue weighted by Gasteiger charge is -2.29. The Morgan fingerprint density at radius 3 is 2.88 bits per heavy atom. The average Bonchev–Trinajstić information content (AvgIpc) is 2.28. The molecule has 2 atom stereocenters. The molecule has 1 heterocycles. The Kier molecular flexibility index (Phi) is 3.69. The third-order valence-corrected chi connectivity index (χ3v) is 3.04. The molecular weight excluding hydrogens is 226 g/mol. The number of methoxy groups -OCH3 is 1. The fourth-order valence-corrected chi connectivity index (χ4v) is 2.17. The van der Waals surface area contributed by atoms with Crippen molar-refractivity contribution >= 4 is 11.6 Å². The molecule has 0 amide bonds. The van der Waals surface area contributed by atoms with Crippen LogP contribution in [0, 0.1) is 0 Å². The Hall–Kier alpha value is -0.770. The van der Waals surface area contributed by atoms with Gasteiger partial charge in [0.25, 0.3) is 0 Å². The monoisotopic (exact) mass is 241 g/mol. The van der Waals surface area contributed by atoms with E-state index >= 15 is 0 Å². The van der Waals surface area contributed by atoms with Crippen LogP contribution in [0.5, 0.6) is 5.75 Å². The van der Waals surface area contributed by atoms with E-state index in [2.05, 4.69) is 12.2 Å². The van der Waals surface area contributed by atoms with Crippen molar-refractivity contribution < 1.29 is 9.47 Å². The van der Waals surface area contributed by atoms with Crippen LogP contribution in [0.3, 0.4) is 0 Å². The fraction of sp³-hybridized carbons (Fsp3) is 0.500. The van der Waals surface area contributed by atoms with Gasteiger partial charge in [0.1, 0.15) is 5.75 Å². The first-order valence-electron chi connectivity index (χ1n) is 5.40. The molecule has 0 saturated carbocycles. The summed E-state index contributed by atoms with van der Waals surface area (Å²) in [5.74, 6) is 0.769. The fourth-order valence-electron chi connectivity index (χ4n) is 1.87. The van der Waals surface area contributed by atoms with Crippen LogP contribution in [0.2, 0.25) is 5.02 Å². The first kappa shape index (κ1) is 11.7. The Bertz CT molecular complexity index is 370. The van der Waals surface area contributed by atoms with Crippen LogP contribution in [0.1, 0.15) is 18.6 Å². The lowest BCUT2D eigenvalue weighted by molar-refractivity contribution is -0.0286. The largest absolute Gasteiger partial charge is 0.497 e. The van der Waals surface area contributed by atoms with Crippen molar-refractivity contribution in [3.05, 3.63) is 28.8 Å². The van der Waals surface area contributed by atoms with E-state index in [1.165, 1.54) is 0 Å². The smallest absolute Gasteiger partial charge is 0.120 e. The highest BCUT2D eigenvalue weighted by molar-refractivity contribution is 6.31. The molecule has 0 spiro atoms. The zero-order valence-corrected chi connectivity index (χ0v) is 10.3. The van der Waals surface area contributed by atoms with Gasteiger partial charge < -0.3 is 14.8 Å². The van der Waals surface area contributed by atoms with Gasteiger partial charge in [-0.15, -0.1) is 0 Å². The topological polar surface area (TPSA) is 30.5 Å². The maximum atomic E-state index is 6.20. The maximum absolute atomic E-state index is 6.20. The molecule has 1 aromatic carbocycles. The zero-order chi connectivity index (χ0) is 11.5. The molecule has 88 valence electrons. The molecule has 1 N–H and O–H groups in total. The highest BCUT2D eigenvalue weighted by Gasteiger charge is 2.22. The summed E-state index contributed by atoms with van der Waals surface area (Å²) in [5, 5.41) is 4.02. The summed E-state index contributed by atoms with van der Waals surface area (Å²) in [7, 11) is 1.63. The van der Waals surface area contributed by atoms with Gasteiger partial charge in [0.05, 0.1) is 24.3 Å². The van der Waals surface area contributed by atoms with Crippen molar-refractivity contribution in [1.82, 2.24) is 5.32 Å². The number of hydrogen-bond acceptors (Lipinski definition) is 3. The van der Waals surface area contributed by atoms with Crippen molar-refractivity contribution in [2.75, 3.05) is 20.2 Å². The molecule has 4 heteroatoms. The van der Waals surface area contributed by atoms with Crippen molar-refractivity contribution in [3.8, 4) is 5.75 Å². The van der Waals surface area contributed by atoms with Gasteiger partial charge in [0.15, 0.2) is 0 Å². The number of ether oxygens (including phenoxy) is 2. The van der Waals surface area contributed by atoms with Gasteiger partial charge in [-0.05, 0) is 19.1 Å². The highest BCUT2D eigenvalue weighted by atomic mass is 35.5. The number of nitrogens with one attached hydrogen (secondary N) is 1. The molecule has 2 unspecified atom stereocenters. The minimum Gasteiger partial charge on any atom is -0.497 e. The first-order valence-corrected chi connectivity index (χ1v) is 5.78. The van der Waals surface area contributed by atoms with E-state index in [0.717, 1.165) is 24.4 Å². The Balaban J connectivity index is 2.19. The average molecular weight is 242 g/mol. The summed E-state index contributed by atoms with van der Waals surface area (Å²) in [6.07, 6.45) is 0.249. The standard InChI is InChI=1S/C12H16ClNO2/c1-8-6-14-7-12(16-8)10-4-3-9(15-2)5-11(10)13/h3-5,8,12,14H,6-7H2,1-2H3. The Morgan fingerprint density at radius 2 is 2.25 bits per heavy atom. The molecule has 1 aliphatic heterocycles. The van der Waals surface area contributed by atoms with Crippen LogP contribution in [0.15, 0.2) is 18.2 Å². The predicted molar refractivity (Wildman–Crippen MR) is 64.2 cm³/mol. The first-order chi connectivity index (χ1) is 7.70. The van der Waals surface area contributed by atoms with E-state index in [1.807, 2.05) is 18.2 Å². The lowest BCUT2D eigenvalue weighted by Crippen LogP contribution is -2.38. The minimum atomic E-state index is 0.0298. The van der Waals surface area contributed by atoms with Crippen LogP contribution in [-0.2, 0) is 4.74 Å². The van der Waals surface area contributed by atoms with Crippen LogP contribution in [0.4, 0.5) is 0 Å². The van der Waals surface area contributed by atoms with Crippen LogP contribution >= 0.6 is 11.6 Å². The van der Waals surface area contributed by atoms with E-state index in [9.17, 15) is 0 Å². The summed E-state index contributed by atoms with van der Waals surface area (Å²) in [5.41, 5.74) is 1.02. The van der Waals surface area contributed by atoms with Crippen molar-refractivity contribution in [2.45, 2.75) is 19.1 Å². The molecule has 3 nitrogen and oxygen atoms in total. The molecule has 0 aliphatic carbocycles. The molecule has 16 heavy (non-hydrogen) atoms. The highest BCUT2D eigenvalue weighted by Crippen LogP contribution is 2.30. The number of hydrogen-bond donors (Lipinski definition) is 1. The molecule has 1 fully saturated rings. The molecule has 1 saturated heterocycles. The van der Waals surface area contributed by atoms with Gasteiger partial charge in [0, 0.05) is 18.7 Å².